The SMILES string of the molecule is CCc1ccnc2c(Br)[nH]nc12. The zero-order valence-electron chi connectivity index (χ0n) is 6.63. The third-order valence-electron chi connectivity index (χ3n) is 1.86. The Hall–Kier alpha value is -0.900. The summed E-state index contributed by atoms with van der Waals surface area (Å²) in [4.78, 5) is 4.21. The summed E-state index contributed by atoms with van der Waals surface area (Å²) in [6, 6.07) is 2.00. The number of rotatable bonds is 1. The quantitative estimate of drug-likeness (QED) is 0.810. The molecule has 0 aliphatic heterocycles. The van der Waals surface area contributed by atoms with Gasteiger partial charge >= 0.3 is 0 Å². The number of nitrogens with one attached hydrogen (secondary N) is 1. The van der Waals surface area contributed by atoms with Crippen molar-refractivity contribution in [2.45, 2.75) is 13.3 Å². The zero-order chi connectivity index (χ0) is 8.55. The fraction of sp³-hybridized carbons (Fsp3) is 0.250. The molecule has 4 heteroatoms. The largest absolute Gasteiger partial charge is 0.269 e. The Morgan fingerprint density at radius 3 is 3.08 bits per heavy atom. The highest BCUT2D eigenvalue weighted by atomic mass is 79.9. The summed E-state index contributed by atoms with van der Waals surface area (Å²) in [6.45, 7) is 2.11. The maximum atomic E-state index is 4.21. The van der Waals surface area contributed by atoms with Gasteiger partial charge in [0.1, 0.15) is 15.6 Å². The van der Waals surface area contributed by atoms with E-state index in [0.29, 0.717) is 0 Å². The maximum Gasteiger partial charge on any atom is 0.127 e. The van der Waals surface area contributed by atoms with Gasteiger partial charge in [-0.25, -0.2) is 0 Å². The molecule has 1 N–H and O–H groups in total. The Bertz CT molecular complexity index is 408. The van der Waals surface area contributed by atoms with E-state index < -0.39 is 0 Å². The van der Waals surface area contributed by atoms with Crippen LogP contribution in [-0.2, 0) is 6.42 Å². The van der Waals surface area contributed by atoms with Crippen LogP contribution in [0.3, 0.4) is 0 Å². The van der Waals surface area contributed by atoms with E-state index in [1.54, 1.807) is 6.20 Å². The van der Waals surface area contributed by atoms with Crippen molar-refractivity contribution in [2.24, 2.45) is 0 Å². The van der Waals surface area contributed by atoms with Crippen LogP contribution in [0.1, 0.15) is 12.5 Å². The highest BCUT2D eigenvalue weighted by molar-refractivity contribution is 9.10. The predicted octanol–water partition coefficient (Wildman–Crippen LogP) is 2.28. The van der Waals surface area contributed by atoms with Crippen LogP contribution < -0.4 is 0 Å². The molecule has 0 aliphatic carbocycles. The number of halogens is 1. The van der Waals surface area contributed by atoms with Gasteiger partial charge in [-0.1, -0.05) is 6.92 Å². The highest BCUT2D eigenvalue weighted by Crippen LogP contribution is 2.21. The molecule has 2 rings (SSSR count). The fourth-order valence-electron chi connectivity index (χ4n) is 1.22. The first kappa shape index (κ1) is 7.73. The van der Waals surface area contributed by atoms with Crippen LogP contribution in [-0.4, -0.2) is 15.2 Å². The minimum absolute atomic E-state index is 0.854. The molecule has 0 spiro atoms. The highest BCUT2D eigenvalue weighted by Gasteiger charge is 2.06. The monoisotopic (exact) mass is 225 g/mol. The summed E-state index contributed by atoms with van der Waals surface area (Å²) in [6.07, 6.45) is 2.79. The van der Waals surface area contributed by atoms with Gasteiger partial charge in [-0.05, 0) is 34.0 Å². The van der Waals surface area contributed by atoms with E-state index in [1.165, 1.54) is 5.56 Å². The van der Waals surface area contributed by atoms with Crippen molar-refractivity contribution in [1.82, 2.24) is 15.2 Å². The lowest BCUT2D eigenvalue weighted by Gasteiger charge is -1.94. The van der Waals surface area contributed by atoms with Gasteiger partial charge in [0.25, 0.3) is 0 Å². The molecule has 0 atom stereocenters. The first-order valence-electron chi connectivity index (χ1n) is 3.80. The molecular weight excluding hydrogens is 218 g/mol. The predicted molar refractivity (Wildman–Crippen MR) is 51.0 cm³/mol. The first-order chi connectivity index (χ1) is 5.83. The number of aryl methyl sites for hydroxylation is 1. The van der Waals surface area contributed by atoms with Gasteiger partial charge in [-0.2, -0.15) is 5.10 Å². The molecule has 2 aromatic rings. The number of hydrogen-bond acceptors (Lipinski definition) is 2. The average molecular weight is 226 g/mol. The van der Waals surface area contributed by atoms with Crippen molar-refractivity contribution in [2.75, 3.05) is 0 Å². The Labute approximate surface area is 78.3 Å². The summed E-state index contributed by atoms with van der Waals surface area (Å²) in [5.74, 6) is 0. The number of hydrogen-bond donors (Lipinski definition) is 1. The molecule has 0 saturated heterocycles. The smallest absolute Gasteiger partial charge is 0.127 e. The van der Waals surface area contributed by atoms with Crippen LogP contribution >= 0.6 is 15.9 Å². The van der Waals surface area contributed by atoms with Crippen LogP contribution in [0, 0.1) is 0 Å². The van der Waals surface area contributed by atoms with Crippen molar-refractivity contribution in [3.63, 3.8) is 0 Å². The third-order valence-corrected chi connectivity index (χ3v) is 2.42. The van der Waals surface area contributed by atoms with Gasteiger partial charge in [-0.15, -0.1) is 0 Å². The van der Waals surface area contributed by atoms with E-state index >= 15 is 0 Å². The summed E-state index contributed by atoms with van der Waals surface area (Å²) in [5, 5.41) is 7.01. The van der Waals surface area contributed by atoms with Crippen molar-refractivity contribution in [3.8, 4) is 0 Å². The van der Waals surface area contributed by atoms with Gasteiger partial charge in [0, 0.05) is 6.20 Å². The molecule has 2 aromatic heterocycles. The molecule has 62 valence electrons. The Morgan fingerprint density at radius 2 is 2.33 bits per heavy atom. The number of pyridine rings is 1. The van der Waals surface area contributed by atoms with Crippen molar-refractivity contribution >= 4 is 27.0 Å². The summed E-state index contributed by atoms with van der Waals surface area (Å²) >= 11 is 3.35. The van der Waals surface area contributed by atoms with E-state index in [2.05, 4.69) is 38.0 Å². The van der Waals surface area contributed by atoms with E-state index in [1.807, 2.05) is 6.07 Å². The van der Waals surface area contributed by atoms with Crippen LogP contribution in [0.15, 0.2) is 16.9 Å². The van der Waals surface area contributed by atoms with Crippen LogP contribution in [0.5, 0.6) is 0 Å². The minimum Gasteiger partial charge on any atom is -0.269 e. The second-order valence-electron chi connectivity index (χ2n) is 2.56. The fourth-order valence-corrected chi connectivity index (χ4v) is 1.60. The van der Waals surface area contributed by atoms with Crippen LogP contribution in [0.25, 0.3) is 11.0 Å². The van der Waals surface area contributed by atoms with E-state index in [4.69, 9.17) is 0 Å². The molecule has 0 radical (unpaired) electrons. The topological polar surface area (TPSA) is 41.6 Å². The van der Waals surface area contributed by atoms with E-state index in [0.717, 1.165) is 22.1 Å². The zero-order valence-corrected chi connectivity index (χ0v) is 8.22. The molecule has 0 fully saturated rings. The summed E-state index contributed by atoms with van der Waals surface area (Å²) in [7, 11) is 0. The Kier molecular flexibility index (Phi) is 1.84. The number of aromatic nitrogens is 3. The molecule has 3 nitrogen and oxygen atoms in total. The van der Waals surface area contributed by atoms with Gasteiger partial charge < -0.3 is 0 Å². The molecule has 0 unspecified atom stereocenters. The molecule has 0 saturated carbocycles. The average Bonchev–Trinajstić information content (AvgIpc) is 2.48. The van der Waals surface area contributed by atoms with E-state index in [-0.39, 0.29) is 0 Å². The number of nitrogens with zero attached hydrogens (tertiary/aromatic N) is 2. The standard InChI is InChI=1S/C8H8BrN3/c1-2-5-3-4-10-7-6(5)11-12-8(7)9/h3-4H,2H2,1H3,(H,11,12). The molecule has 0 bridgehead atoms. The molecule has 0 aliphatic rings. The van der Waals surface area contributed by atoms with Crippen LogP contribution in [0.4, 0.5) is 0 Å². The lowest BCUT2D eigenvalue weighted by atomic mass is 10.2. The van der Waals surface area contributed by atoms with Gasteiger partial charge in [0.2, 0.25) is 0 Å². The molecule has 12 heavy (non-hydrogen) atoms. The molecule has 0 amide bonds. The second kappa shape index (κ2) is 2.86. The Balaban J connectivity index is 2.81. The lowest BCUT2D eigenvalue weighted by Crippen LogP contribution is -1.84. The van der Waals surface area contributed by atoms with E-state index in [9.17, 15) is 0 Å². The van der Waals surface area contributed by atoms with Crippen molar-refractivity contribution in [3.05, 3.63) is 22.4 Å². The summed E-state index contributed by atoms with van der Waals surface area (Å²) in [5.41, 5.74) is 3.10. The molecular formula is C8H8BrN3. The first-order valence-corrected chi connectivity index (χ1v) is 4.59. The van der Waals surface area contributed by atoms with Crippen LogP contribution in [0.2, 0.25) is 0 Å². The normalized spacial score (nSPS) is 10.8. The number of aromatic amines is 1. The summed E-state index contributed by atoms with van der Waals surface area (Å²) < 4.78 is 0.854. The van der Waals surface area contributed by atoms with Crippen molar-refractivity contribution < 1.29 is 0 Å². The number of H-pyrrole nitrogens is 1. The third kappa shape index (κ3) is 1.03. The molecule has 2 heterocycles. The van der Waals surface area contributed by atoms with Gasteiger partial charge in [0.05, 0.1) is 0 Å². The van der Waals surface area contributed by atoms with Gasteiger partial charge in [0.15, 0.2) is 0 Å². The lowest BCUT2D eigenvalue weighted by molar-refractivity contribution is 1.07. The Morgan fingerprint density at radius 1 is 1.50 bits per heavy atom. The minimum atomic E-state index is 0.854. The second-order valence-corrected chi connectivity index (χ2v) is 3.35. The van der Waals surface area contributed by atoms with Gasteiger partial charge in [-0.3, -0.25) is 10.1 Å². The molecule has 0 aromatic carbocycles. The maximum absolute atomic E-state index is 4.21. The van der Waals surface area contributed by atoms with Crippen molar-refractivity contribution in [1.29, 1.82) is 0 Å². The number of fused-ring (bicyclic) bond motifs is 1.